The van der Waals surface area contributed by atoms with E-state index < -0.39 is 0 Å². The van der Waals surface area contributed by atoms with E-state index in [0.717, 1.165) is 92.3 Å². The fourth-order valence-electron chi connectivity index (χ4n) is 5.25. The maximum atomic E-state index is 13.7. The Morgan fingerprint density at radius 1 is 0.971 bits per heavy atom. The number of rotatable bonds is 8. The van der Waals surface area contributed by atoms with Crippen molar-refractivity contribution in [1.29, 1.82) is 0 Å². The van der Waals surface area contributed by atoms with Gasteiger partial charge >= 0.3 is 0 Å². The molecule has 35 heavy (non-hydrogen) atoms. The number of hydrogen-bond acceptors (Lipinski definition) is 5. The lowest BCUT2D eigenvalue weighted by molar-refractivity contribution is 0.0639. The highest BCUT2D eigenvalue weighted by Gasteiger charge is 2.27. The van der Waals surface area contributed by atoms with Crippen LogP contribution >= 0.6 is 0 Å². The minimum Gasteiger partial charge on any atom is -0.454 e. The first-order valence-corrected chi connectivity index (χ1v) is 12.6. The highest BCUT2D eigenvalue weighted by Crippen LogP contribution is 2.33. The molecular weight excluding hydrogens is 440 g/mol. The van der Waals surface area contributed by atoms with Crippen LogP contribution in [0.2, 0.25) is 0 Å². The van der Waals surface area contributed by atoms with E-state index >= 15 is 0 Å². The van der Waals surface area contributed by atoms with Gasteiger partial charge in [-0.2, -0.15) is 0 Å². The number of ether oxygens (including phenoxy) is 2. The minimum atomic E-state index is 0.167. The van der Waals surface area contributed by atoms with E-state index in [0.29, 0.717) is 6.79 Å². The fraction of sp³-hybridized carbons (Fsp3) is 0.464. The number of para-hydroxylation sites is 1. The highest BCUT2D eigenvalue weighted by molar-refractivity contribution is 6.08. The Bertz CT molecular complexity index is 1190. The average Bonchev–Trinajstić information content (AvgIpc) is 3.44. The molecule has 186 valence electrons. The molecule has 2 aromatic carbocycles. The number of fused-ring (bicyclic) bond motifs is 2. The molecule has 1 fully saturated rings. The Hall–Kier alpha value is -3.03. The van der Waals surface area contributed by atoms with Gasteiger partial charge in [0.05, 0.1) is 5.56 Å². The van der Waals surface area contributed by atoms with Crippen LogP contribution in [0.25, 0.3) is 10.9 Å². The van der Waals surface area contributed by atoms with Crippen molar-refractivity contribution < 1.29 is 14.3 Å². The average molecular weight is 477 g/mol. The predicted molar refractivity (Wildman–Crippen MR) is 138 cm³/mol. The zero-order valence-electron chi connectivity index (χ0n) is 21.1. The highest BCUT2D eigenvalue weighted by atomic mass is 16.7. The molecule has 3 aromatic rings. The van der Waals surface area contributed by atoms with Crippen molar-refractivity contribution >= 4 is 16.8 Å². The lowest BCUT2D eigenvalue weighted by Crippen LogP contribution is -2.49. The van der Waals surface area contributed by atoms with Crippen LogP contribution < -0.4 is 9.47 Å². The molecule has 0 aliphatic carbocycles. The Kier molecular flexibility index (Phi) is 6.97. The predicted octanol–water partition coefficient (Wildman–Crippen LogP) is 3.63. The molecule has 2 aliphatic rings. The number of carbonyl (C=O) groups is 1. The molecule has 1 saturated heterocycles. The molecule has 0 spiro atoms. The van der Waals surface area contributed by atoms with Crippen molar-refractivity contribution in [3.63, 3.8) is 0 Å². The molecule has 2 aliphatic heterocycles. The van der Waals surface area contributed by atoms with Gasteiger partial charge in [-0.15, -0.1) is 0 Å². The Morgan fingerprint density at radius 3 is 2.54 bits per heavy atom. The zero-order chi connectivity index (χ0) is 24.4. The second-order valence-corrected chi connectivity index (χ2v) is 9.86. The number of aromatic nitrogens is 1. The summed E-state index contributed by atoms with van der Waals surface area (Å²) in [7, 11) is 4.20. The summed E-state index contributed by atoms with van der Waals surface area (Å²) in [4.78, 5) is 20.4. The standard InChI is InChI=1S/C28H36N4O3/c1-21-27(23-7-4-5-8-24(23)32(21)13-6-12-29(2)3)28(33)31-17-15-30(16-18-31)14-11-22-9-10-25-26(19-22)35-20-34-25/h4-5,7-10,19H,6,11-18,20H2,1-3H3. The molecule has 1 aromatic heterocycles. The van der Waals surface area contributed by atoms with E-state index in [2.05, 4.69) is 65.7 Å². The second-order valence-electron chi connectivity index (χ2n) is 9.86. The second kappa shape index (κ2) is 10.3. The quantitative estimate of drug-likeness (QED) is 0.497. The maximum Gasteiger partial charge on any atom is 0.256 e. The zero-order valence-corrected chi connectivity index (χ0v) is 21.1. The van der Waals surface area contributed by atoms with Crippen LogP contribution in [0.3, 0.4) is 0 Å². The summed E-state index contributed by atoms with van der Waals surface area (Å²) in [6.07, 6.45) is 2.02. The van der Waals surface area contributed by atoms with Crippen LogP contribution in [0.1, 0.15) is 28.0 Å². The number of benzene rings is 2. The smallest absolute Gasteiger partial charge is 0.256 e. The van der Waals surface area contributed by atoms with Gasteiger partial charge in [-0.25, -0.2) is 0 Å². The number of piperazine rings is 1. The number of nitrogens with zero attached hydrogens (tertiary/aromatic N) is 4. The Morgan fingerprint density at radius 2 is 1.74 bits per heavy atom. The van der Waals surface area contributed by atoms with Gasteiger partial charge in [0.1, 0.15) is 0 Å². The van der Waals surface area contributed by atoms with Crippen LogP contribution in [0, 0.1) is 6.92 Å². The van der Waals surface area contributed by atoms with E-state index in [1.54, 1.807) is 0 Å². The lowest BCUT2D eigenvalue weighted by atomic mass is 10.1. The minimum absolute atomic E-state index is 0.167. The van der Waals surface area contributed by atoms with Crippen LogP contribution in [0.4, 0.5) is 0 Å². The van der Waals surface area contributed by atoms with Gasteiger partial charge in [0.15, 0.2) is 11.5 Å². The van der Waals surface area contributed by atoms with Gasteiger partial charge in [0.25, 0.3) is 5.91 Å². The van der Waals surface area contributed by atoms with Gasteiger partial charge in [0.2, 0.25) is 6.79 Å². The molecule has 0 unspecified atom stereocenters. The monoisotopic (exact) mass is 476 g/mol. The molecule has 1 amide bonds. The number of carbonyl (C=O) groups excluding carboxylic acids is 1. The van der Waals surface area contributed by atoms with Gasteiger partial charge in [-0.05, 0) is 64.2 Å². The van der Waals surface area contributed by atoms with Crippen LogP contribution in [0.5, 0.6) is 11.5 Å². The summed E-state index contributed by atoms with van der Waals surface area (Å²) in [5.74, 6) is 1.84. The molecule has 3 heterocycles. The molecule has 7 nitrogen and oxygen atoms in total. The van der Waals surface area contributed by atoms with Crippen LogP contribution in [-0.4, -0.2) is 85.3 Å². The van der Waals surface area contributed by atoms with E-state index in [4.69, 9.17) is 9.47 Å². The van der Waals surface area contributed by atoms with Gasteiger partial charge in [-0.1, -0.05) is 24.3 Å². The van der Waals surface area contributed by atoms with Gasteiger partial charge < -0.3 is 23.8 Å². The molecule has 0 N–H and O–H groups in total. The van der Waals surface area contributed by atoms with Crippen LogP contribution in [0.15, 0.2) is 42.5 Å². The molecule has 0 saturated carbocycles. The first-order chi connectivity index (χ1) is 17.0. The van der Waals surface area contributed by atoms with Crippen molar-refractivity contribution in [2.24, 2.45) is 0 Å². The fourth-order valence-corrected chi connectivity index (χ4v) is 5.25. The lowest BCUT2D eigenvalue weighted by Gasteiger charge is -2.35. The van der Waals surface area contributed by atoms with Crippen LogP contribution in [-0.2, 0) is 13.0 Å². The Labute approximate surface area is 207 Å². The first kappa shape index (κ1) is 23.7. The topological polar surface area (TPSA) is 50.2 Å². The van der Waals surface area contributed by atoms with Gasteiger partial charge in [0, 0.05) is 55.9 Å². The molecule has 7 heteroatoms. The summed E-state index contributed by atoms with van der Waals surface area (Å²) >= 11 is 0. The molecular formula is C28H36N4O3. The molecule has 0 atom stereocenters. The van der Waals surface area contributed by atoms with E-state index in [1.807, 2.05) is 17.0 Å². The van der Waals surface area contributed by atoms with Crippen molar-refractivity contribution in [3.8, 4) is 11.5 Å². The third-order valence-electron chi connectivity index (χ3n) is 7.24. The van der Waals surface area contributed by atoms with E-state index in [1.165, 1.54) is 5.56 Å². The number of amides is 1. The third-order valence-corrected chi connectivity index (χ3v) is 7.24. The summed E-state index contributed by atoms with van der Waals surface area (Å²) in [6.45, 7) is 8.67. The normalized spacial score (nSPS) is 15.9. The first-order valence-electron chi connectivity index (χ1n) is 12.6. The SMILES string of the molecule is Cc1c(C(=O)N2CCN(CCc3ccc4c(c3)OCO4)CC2)c2ccccc2n1CCCN(C)C. The molecule has 0 radical (unpaired) electrons. The summed E-state index contributed by atoms with van der Waals surface area (Å²) in [5.41, 5.74) is 4.37. The largest absolute Gasteiger partial charge is 0.454 e. The summed E-state index contributed by atoms with van der Waals surface area (Å²) in [5, 5.41) is 1.07. The number of hydrogen-bond donors (Lipinski definition) is 0. The van der Waals surface area contributed by atoms with Crippen molar-refractivity contribution in [2.75, 3.05) is 60.2 Å². The molecule has 5 rings (SSSR count). The van der Waals surface area contributed by atoms with Crippen molar-refractivity contribution in [2.45, 2.75) is 26.3 Å². The van der Waals surface area contributed by atoms with Gasteiger partial charge in [-0.3, -0.25) is 9.69 Å². The third kappa shape index (κ3) is 5.02. The van der Waals surface area contributed by atoms with E-state index in [9.17, 15) is 4.79 Å². The van der Waals surface area contributed by atoms with Crippen molar-refractivity contribution in [3.05, 3.63) is 59.3 Å². The summed E-state index contributed by atoms with van der Waals surface area (Å²) in [6, 6.07) is 14.5. The molecule has 0 bridgehead atoms. The van der Waals surface area contributed by atoms with Crippen molar-refractivity contribution in [1.82, 2.24) is 19.3 Å². The maximum absolute atomic E-state index is 13.7. The summed E-state index contributed by atoms with van der Waals surface area (Å²) < 4.78 is 13.2. The Balaban J connectivity index is 1.22. The number of aryl methyl sites for hydroxylation is 1. The van der Waals surface area contributed by atoms with E-state index in [-0.39, 0.29) is 5.91 Å².